The maximum absolute atomic E-state index is 13.4. The van der Waals surface area contributed by atoms with Gasteiger partial charge in [-0.2, -0.15) is 5.10 Å². The second-order valence-corrected chi connectivity index (χ2v) is 7.94. The normalized spacial score (nSPS) is 15.9. The molecule has 0 aliphatic carbocycles. The lowest BCUT2D eigenvalue weighted by Crippen LogP contribution is -2.34. The summed E-state index contributed by atoms with van der Waals surface area (Å²) in [5.74, 6) is 1.03. The van der Waals surface area contributed by atoms with E-state index in [1.807, 2.05) is 28.9 Å². The predicted octanol–water partition coefficient (Wildman–Crippen LogP) is 3.73. The minimum Gasteiger partial charge on any atom is -0.497 e. The quantitative estimate of drug-likeness (QED) is 0.526. The molecule has 4 aromatic rings. The minimum absolute atomic E-state index is 0.242. The van der Waals surface area contributed by atoms with Crippen LogP contribution >= 0.6 is 0 Å². The highest BCUT2D eigenvalue weighted by Gasteiger charge is 2.23. The Balaban J connectivity index is 1.16. The molecule has 1 aliphatic heterocycles. The Morgan fingerprint density at radius 2 is 1.97 bits per heavy atom. The van der Waals surface area contributed by atoms with Gasteiger partial charge in [-0.15, -0.1) is 5.10 Å². The number of hydrogen-bond acceptors (Lipinski definition) is 5. The van der Waals surface area contributed by atoms with Gasteiger partial charge in [0.1, 0.15) is 17.1 Å². The lowest BCUT2D eigenvalue weighted by Gasteiger charge is -2.31. The number of rotatable bonds is 6. The average molecular weight is 408 g/mol. The van der Waals surface area contributed by atoms with E-state index in [4.69, 9.17) is 4.74 Å². The third-order valence-electron chi connectivity index (χ3n) is 6.11. The monoisotopic (exact) mass is 408 g/mol. The Labute approximate surface area is 173 Å². The fourth-order valence-electron chi connectivity index (χ4n) is 4.44. The number of ether oxygens (including phenoxy) is 1. The van der Waals surface area contributed by atoms with Gasteiger partial charge in [0.15, 0.2) is 0 Å². The molecule has 1 aliphatic rings. The summed E-state index contributed by atoms with van der Waals surface area (Å²) in [6.07, 6.45) is 3.18. The molecule has 8 heteroatoms. The van der Waals surface area contributed by atoms with Crippen LogP contribution in [-0.4, -0.2) is 56.8 Å². The number of methoxy groups -OCH3 is 1. The van der Waals surface area contributed by atoms with Crippen molar-refractivity contribution in [3.05, 3.63) is 47.9 Å². The van der Waals surface area contributed by atoms with Crippen molar-refractivity contribution < 1.29 is 9.13 Å². The molecule has 5 rings (SSSR count). The summed E-state index contributed by atoms with van der Waals surface area (Å²) in [4.78, 5) is 2.51. The highest BCUT2D eigenvalue weighted by Crippen LogP contribution is 2.31. The average Bonchev–Trinajstić information content (AvgIpc) is 3.37. The van der Waals surface area contributed by atoms with Crippen LogP contribution in [0.5, 0.6) is 5.75 Å². The summed E-state index contributed by atoms with van der Waals surface area (Å²) in [7, 11) is 1.67. The van der Waals surface area contributed by atoms with Crippen molar-refractivity contribution in [2.75, 3.05) is 26.7 Å². The molecule has 1 saturated heterocycles. The number of aryl methyl sites for hydroxylation is 1. The molecule has 2 aromatic heterocycles. The molecular formula is C22H25FN6O. The van der Waals surface area contributed by atoms with Crippen molar-refractivity contribution in [1.29, 1.82) is 0 Å². The summed E-state index contributed by atoms with van der Waals surface area (Å²) < 4.78 is 20.7. The number of H-pyrrole nitrogens is 1. The Bertz CT molecular complexity index is 1160. The lowest BCUT2D eigenvalue weighted by molar-refractivity contribution is 0.205. The van der Waals surface area contributed by atoms with E-state index in [1.165, 1.54) is 12.1 Å². The molecule has 1 N–H and O–H groups in total. The van der Waals surface area contributed by atoms with E-state index in [0.717, 1.165) is 73.3 Å². The number of aromatic amines is 1. The molecule has 7 nitrogen and oxygen atoms in total. The molecule has 1 fully saturated rings. The first-order valence-electron chi connectivity index (χ1n) is 10.4. The van der Waals surface area contributed by atoms with Crippen LogP contribution in [0.2, 0.25) is 0 Å². The van der Waals surface area contributed by atoms with Crippen LogP contribution < -0.4 is 4.74 Å². The van der Waals surface area contributed by atoms with Gasteiger partial charge >= 0.3 is 0 Å². The standard InChI is InChI=1S/C22H25FN6O/c1-30-17-4-6-19-21(14-17)29(27-25-19)10-2-9-28-11-7-15(8-12-28)22-18-5-3-16(23)13-20(18)24-26-22/h3-6,13-15H,2,7-12H2,1H3,(H,24,26). The van der Waals surface area contributed by atoms with Crippen molar-refractivity contribution in [1.82, 2.24) is 30.1 Å². The van der Waals surface area contributed by atoms with Crippen molar-refractivity contribution >= 4 is 21.9 Å². The third kappa shape index (κ3) is 3.63. The predicted molar refractivity (Wildman–Crippen MR) is 113 cm³/mol. The van der Waals surface area contributed by atoms with E-state index < -0.39 is 0 Å². The Hall–Kier alpha value is -3.00. The van der Waals surface area contributed by atoms with E-state index >= 15 is 0 Å². The van der Waals surface area contributed by atoms with Gasteiger partial charge in [-0.25, -0.2) is 9.07 Å². The summed E-state index contributed by atoms with van der Waals surface area (Å²) in [6, 6.07) is 10.7. The van der Waals surface area contributed by atoms with E-state index in [0.29, 0.717) is 11.4 Å². The van der Waals surface area contributed by atoms with Crippen molar-refractivity contribution in [2.24, 2.45) is 0 Å². The second kappa shape index (κ2) is 8.02. The molecule has 156 valence electrons. The van der Waals surface area contributed by atoms with Gasteiger partial charge in [0.25, 0.3) is 0 Å². The van der Waals surface area contributed by atoms with E-state index in [1.54, 1.807) is 7.11 Å². The van der Waals surface area contributed by atoms with Gasteiger partial charge in [-0.05, 0) is 63.2 Å². The highest BCUT2D eigenvalue weighted by atomic mass is 19.1. The SMILES string of the molecule is COc1ccc2nnn(CCCN3CCC(c4[nH]nc5cc(F)ccc45)CC3)c2c1. The van der Waals surface area contributed by atoms with Gasteiger partial charge in [-0.1, -0.05) is 5.21 Å². The maximum Gasteiger partial charge on any atom is 0.125 e. The first kappa shape index (κ1) is 19.0. The van der Waals surface area contributed by atoms with E-state index in [9.17, 15) is 4.39 Å². The van der Waals surface area contributed by atoms with Gasteiger partial charge in [0, 0.05) is 35.7 Å². The number of fused-ring (bicyclic) bond motifs is 2. The number of piperidine rings is 1. The summed E-state index contributed by atoms with van der Waals surface area (Å²) in [5, 5.41) is 17.0. The highest BCUT2D eigenvalue weighted by molar-refractivity contribution is 5.81. The lowest BCUT2D eigenvalue weighted by atomic mass is 9.91. The fourth-order valence-corrected chi connectivity index (χ4v) is 4.44. The molecule has 0 atom stereocenters. The molecular weight excluding hydrogens is 383 g/mol. The smallest absolute Gasteiger partial charge is 0.125 e. The molecule has 0 amide bonds. The van der Waals surface area contributed by atoms with E-state index in [-0.39, 0.29) is 5.82 Å². The first-order valence-corrected chi connectivity index (χ1v) is 10.4. The molecule has 0 saturated carbocycles. The van der Waals surface area contributed by atoms with Crippen LogP contribution in [-0.2, 0) is 6.54 Å². The van der Waals surface area contributed by atoms with Crippen LogP contribution in [0.3, 0.4) is 0 Å². The number of nitrogens with zero attached hydrogens (tertiary/aromatic N) is 5. The molecule has 0 unspecified atom stereocenters. The van der Waals surface area contributed by atoms with Crippen molar-refractivity contribution in [2.45, 2.75) is 31.7 Å². The Kier molecular flexibility index (Phi) is 5.08. The van der Waals surface area contributed by atoms with Crippen LogP contribution in [0.25, 0.3) is 21.9 Å². The molecule has 0 spiro atoms. The van der Waals surface area contributed by atoms with Crippen LogP contribution in [0.4, 0.5) is 4.39 Å². The van der Waals surface area contributed by atoms with Gasteiger partial charge < -0.3 is 9.64 Å². The second-order valence-electron chi connectivity index (χ2n) is 7.94. The first-order chi connectivity index (χ1) is 14.7. The molecule has 0 radical (unpaired) electrons. The summed E-state index contributed by atoms with van der Waals surface area (Å²) in [5.41, 5.74) is 3.76. The van der Waals surface area contributed by atoms with Crippen LogP contribution in [0.1, 0.15) is 30.9 Å². The maximum atomic E-state index is 13.4. The van der Waals surface area contributed by atoms with Gasteiger partial charge in [0.2, 0.25) is 0 Å². The molecule has 30 heavy (non-hydrogen) atoms. The Morgan fingerprint density at radius 3 is 2.80 bits per heavy atom. The van der Waals surface area contributed by atoms with Crippen molar-refractivity contribution in [3.63, 3.8) is 0 Å². The number of hydrogen-bond donors (Lipinski definition) is 1. The van der Waals surface area contributed by atoms with Gasteiger partial charge in [0.05, 0.1) is 18.1 Å². The summed E-state index contributed by atoms with van der Waals surface area (Å²) >= 11 is 0. The number of benzene rings is 2. The van der Waals surface area contributed by atoms with E-state index in [2.05, 4.69) is 25.4 Å². The number of aromatic nitrogens is 5. The third-order valence-corrected chi connectivity index (χ3v) is 6.11. The van der Waals surface area contributed by atoms with Crippen LogP contribution in [0, 0.1) is 5.82 Å². The zero-order valence-electron chi connectivity index (χ0n) is 17.0. The van der Waals surface area contributed by atoms with Gasteiger partial charge in [-0.3, -0.25) is 5.10 Å². The Morgan fingerprint density at radius 1 is 1.10 bits per heavy atom. The fraction of sp³-hybridized carbons (Fsp3) is 0.409. The summed E-state index contributed by atoms with van der Waals surface area (Å²) in [6.45, 7) is 3.98. The largest absolute Gasteiger partial charge is 0.497 e. The zero-order valence-corrected chi connectivity index (χ0v) is 17.0. The molecule has 2 aromatic carbocycles. The zero-order chi connectivity index (χ0) is 20.5. The van der Waals surface area contributed by atoms with Crippen molar-refractivity contribution in [3.8, 4) is 5.75 Å². The van der Waals surface area contributed by atoms with Crippen LogP contribution in [0.15, 0.2) is 36.4 Å². The molecule has 3 heterocycles. The number of nitrogens with one attached hydrogen (secondary N) is 1. The minimum atomic E-state index is -0.242. The topological polar surface area (TPSA) is 71.9 Å². The number of halogens is 1. The number of likely N-dealkylation sites (tertiary alicyclic amines) is 1. The molecule has 0 bridgehead atoms.